The van der Waals surface area contributed by atoms with Crippen molar-refractivity contribution in [1.29, 1.82) is 0 Å². The molecule has 3 amide bonds. The molecule has 1 aromatic carbocycles. The lowest BCUT2D eigenvalue weighted by atomic mass is 9.92. The van der Waals surface area contributed by atoms with Crippen molar-refractivity contribution >= 4 is 17.7 Å². The number of fused-ring (bicyclic) bond motifs is 1. The van der Waals surface area contributed by atoms with Gasteiger partial charge in [-0.05, 0) is 36.0 Å². The standard InChI is InChI=1S/C17H20N2O3/c1-9(2)11-5-4-10(3)12-8-19(17(22)15(11)12)13-6-7-14(20)18-16(13)21/h4-5,9,13H,6-8H2,1-3H3,(H,18,20,21). The van der Waals surface area contributed by atoms with Gasteiger partial charge in [0.1, 0.15) is 6.04 Å². The SMILES string of the molecule is Cc1ccc(C(C)C)c2c1CN(C1CCC(=O)NC1=O)C2=O. The van der Waals surface area contributed by atoms with Gasteiger partial charge in [-0.2, -0.15) is 0 Å². The van der Waals surface area contributed by atoms with Crippen LogP contribution >= 0.6 is 0 Å². The van der Waals surface area contributed by atoms with E-state index < -0.39 is 6.04 Å². The Bertz CT molecular complexity index is 679. The van der Waals surface area contributed by atoms with Gasteiger partial charge in [0, 0.05) is 18.5 Å². The number of hydrogen-bond donors (Lipinski definition) is 1. The number of benzene rings is 1. The quantitative estimate of drug-likeness (QED) is 0.848. The first-order valence-electron chi connectivity index (χ1n) is 7.67. The summed E-state index contributed by atoms with van der Waals surface area (Å²) in [7, 11) is 0. The molecule has 2 aliphatic rings. The van der Waals surface area contributed by atoms with Gasteiger partial charge in [0.05, 0.1) is 0 Å². The molecule has 1 fully saturated rings. The average molecular weight is 300 g/mol. The molecular formula is C17H20N2O3. The monoisotopic (exact) mass is 300 g/mol. The molecule has 1 unspecified atom stereocenters. The molecule has 1 aromatic rings. The largest absolute Gasteiger partial charge is 0.322 e. The minimum absolute atomic E-state index is 0.0862. The van der Waals surface area contributed by atoms with Crippen LogP contribution in [0.25, 0.3) is 0 Å². The molecule has 5 nitrogen and oxygen atoms in total. The summed E-state index contributed by atoms with van der Waals surface area (Å²) in [5, 5.41) is 2.33. The molecule has 22 heavy (non-hydrogen) atoms. The van der Waals surface area contributed by atoms with Crippen molar-refractivity contribution in [3.63, 3.8) is 0 Å². The molecule has 0 bridgehead atoms. The lowest BCUT2D eigenvalue weighted by Gasteiger charge is -2.29. The van der Waals surface area contributed by atoms with Crippen molar-refractivity contribution < 1.29 is 14.4 Å². The Morgan fingerprint density at radius 3 is 2.59 bits per heavy atom. The summed E-state index contributed by atoms with van der Waals surface area (Å²) in [5.74, 6) is -0.456. The molecule has 0 radical (unpaired) electrons. The number of aryl methyl sites for hydroxylation is 1. The molecule has 1 N–H and O–H groups in total. The number of rotatable bonds is 2. The second-order valence-electron chi connectivity index (χ2n) is 6.38. The predicted octanol–water partition coefficient (Wildman–Crippen LogP) is 1.88. The van der Waals surface area contributed by atoms with Crippen LogP contribution in [0.3, 0.4) is 0 Å². The van der Waals surface area contributed by atoms with E-state index >= 15 is 0 Å². The zero-order chi connectivity index (χ0) is 16.0. The van der Waals surface area contributed by atoms with Gasteiger partial charge in [0.2, 0.25) is 11.8 Å². The predicted molar refractivity (Wildman–Crippen MR) is 81.3 cm³/mol. The minimum atomic E-state index is -0.544. The Kier molecular flexibility index (Phi) is 3.51. The van der Waals surface area contributed by atoms with Crippen molar-refractivity contribution in [2.75, 3.05) is 0 Å². The van der Waals surface area contributed by atoms with Crippen LogP contribution in [0.5, 0.6) is 0 Å². The fourth-order valence-corrected chi connectivity index (χ4v) is 3.32. The summed E-state index contributed by atoms with van der Waals surface area (Å²) in [6.07, 6.45) is 0.688. The molecule has 2 heterocycles. The first-order valence-corrected chi connectivity index (χ1v) is 7.67. The van der Waals surface area contributed by atoms with Gasteiger partial charge in [-0.25, -0.2) is 0 Å². The third kappa shape index (κ3) is 2.21. The van der Waals surface area contributed by atoms with E-state index in [4.69, 9.17) is 0 Å². The van der Waals surface area contributed by atoms with Gasteiger partial charge in [-0.15, -0.1) is 0 Å². The molecule has 2 aliphatic heterocycles. The van der Waals surface area contributed by atoms with Crippen LogP contribution in [0.4, 0.5) is 0 Å². The van der Waals surface area contributed by atoms with Gasteiger partial charge in [-0.3, -0.25) is 19.7 Å². The third-order valence-electron chi connectivity index (χ3n) is 4.59. The fraction of sp³-hybridized carbons (Fsp3) is 0.471. The number of hydrogen-bond acceptors (Lipinski definition) is 3. The van der Waals surface area contributed by atoms with E-state index in [1.807, 2.05) is 19.1 Å². The number of imide groups is 1. The normalized spacial score (nSPS) is 21.4. The van der Waals surface area contributed by atoms with Gasteiger partial charge < -0.3 is 4.90 Å². The van der Waals surface area contributed by atoms with Crippen molar-refractivity contribution in [1.82, 2.24) is 10.2 Å². The average Bonchev–Trinajstić information content (AvgIpc) is 2.78. The maximum absolute atomic E-state index is 12.9. The second-order valence-corrected chi connectivity index (χ2v) is 6.38. The Labute approximate surface area is 129 Å². The van der Waals surface area contributed by atoms with E-state index in [9.17, 15) is 14.4 Å². The maximum Gasteiger partial charge on any atom is 0.255 e. The Hall–Kier alpha value is -2.17. The highest BCUT2D eigenvalue weighted by molar-refractivity contribution is 6.06. The highest BCUT2D eigenvalue weighted by Gasteiger charge is 2.40. The molecule has 1 saturated heterocycles. The summed E-state index contributed by atoms with van der Waals surface area (Å²) >= 11 is 0. The summed E-state index contributed by atoms with van der Waals surface area (Å²) in [6, 6.07) is 3.50. The van der Waals surface area contributed by atoms with E-state index in [1.165, 1.54) is 0 Å². The molecule has 5 heteroatoms. The van der Waals surface area contributed by atoms with E-state index in [-0.39, 0.29) is 30.1 Å². The van der Waals surface area contributed by atoms with Crippen molar-refractivity contribution in [2.24, 2.45) is 0 Å². The summed E-state index contributed by atoms with van der Waals surface area (Å²) in [6.45, 7) is 6.57. The summed E-state index contributed by atoms with van der Waals surface area (Å²) in [4.78, 5) is 37.8. The minimum Gasteiger partial charge on any atom is -0.322 e. The molecule has 0 spiro atoms. The number of nitrogens with one attached hydrogen (secondary N) is 1. The molecule has 116 valence electrons. The van der Waals surface area contributed by atoms with Gasteiger partial charge >= 0.3 is 0 Å². The van der Waals surface area contributed by atoms with E-state index in [1.54, 1.807) is 4.90 Å². The van der Waals surface area contributed by atoms with Crippen LogP contribution in [-0.4, -0.2) is 28.7 Å². The molecule has 0 saturated carbocycles. The van der Waals surface area contributed by atoms with Crippen molar-refractivity contribution in [3.05, 3.63) is 34.4 Å². The van der Waals surface area contributed by atoms with Crippen LogP contribution in [0, 0.1) is 6.92 Å². The van der Waals surface area contributed by atoms with Crippen LogP contribution in [0.1, 0.15) is 59.7 Å². The van der Waals surface area contributed by atoms with Crippen LogP contribution < -0.4 is 5.32 Å². The lowest BCUT2D eigenvalue weighted by Crippen LogP contribution is -2.52. The number of nitrogens with zero attached hydrogens (tertiary/aromatic N) is 1. The van der Waals surface area contributed by atoms with Gasteiger partial charge in [-0.1, -0.05) is 26.0 Å². The van der Waals surface area contributed by atoms with Crippen molar-refractivity contribution in [3.8, 4) is 0 Å². The zero-order valence-corrected chi connectivity index (χ0v) is 13.1. The highest BCUT2D eigenvalue weighted by Crippen LogP contribution is 2.34. The molecule has 1 atom stereocenters. The maximum atomic E-state index is 12.9. The van der Waals surface area contributed by atoms with Crippen LogP contribution in [-0.2, 0) is 16.1 Å². The smallest absolute Gasteiger partial charge is 0.255 e. The van der Waals surface area contributed by atoms with Gasteiger partial charge in [0.15, 0.2) is 0 Å². The fourth-order valence-electron chi connectivity index (χ4n) is 3.32. The van der Waals surface area contributed by atoms with Crippen LogP contribution in [0.15, 0.2) is 12.1 Å². The molecule has 0 aliphatic carbocycles. The first-order chi connectivity index (χ1) is 10.4. The Balaban J connectivity index is 1.98. The number of piperidine rings is 1. The van der Waals surface area contributed by atoms with Crippen molar-refractivity contribution in [2.45, 2.75) is 52.1 Å². The zero-order valence-electron chi connectivity index (χ0n) is 13.1. The van der Waals surface area contributed by atoms with E-state index in [0.29, 0.717) is 13.0 Å². The Morgan fingerprint density at radius 1 is 1.23 bits per heavy atom. The number of carbonyl (C=O) groups excluding carboxylic acids is 3. The molecular weight excluding hydrogens is 280 g/mol. The molecule has 3 rings (SSSR count). The highest BCUT2D eigenvalue weighted by atomic mass is 16.2. The summed E-state index contributed by atoms with van der Waals surface area (Å²) < 4.78 is 0. The lowest BCUT2D eigenvalue weighted by molar-refractivity contribution is -0.136. The van der Waals surface area contributed by atoms with Gasteiger partial charge in [0.25, 0.3) is 5.91 Å². The van der Waals surface area contributed by atoms with E-state index in [2.05, 4.69) is 19.2 Å². The first kappa shape index (κ1) is 14.8. The molecule has 0 aromatic heterocycles. The van der Waals surface area contributed by atoms with Crippen LogP contribution in [0.2, 0.25) is 0 Å². The third-order valence-corrected chi connectivity index (χ3v) is 4.59. The topological polar surface area (TPSA) is 66.5 Å². The Morgan fingerprint density at radius 2 is 1.95 bits per heavy atom. The summed E-state index contributed by atoms with van der Waals surface area (Å²) in [5.41, 5.74) is 3.86. The number of carbonyl (C=O) groups is 3. The van der Waals surface area contributed by atoms with E-state index in [0.717, 1.165) is 22.3 Å². The second kappa shape index (κ2) is 5.23. The number of amides is 3.